The van der Waals surface area contributed by atoms with Crippen molar-refractivity contribution in [3.05, 3.63) is 0 Å². The number of amides is 3. The van der Waals surface area contributed by atoms with E-state index in [-0.39, 0.29) is 6.42 Å². The number of aliphatic hydroxyl groups is 1. The number of hydrogen-bond donors (Lipinski definition) is 6. The molecule has 8 N–H and O–H groups in total. The molecule has 1 aliphatic rings. The van der Waals surface area contributed by atoms with Gasteiger partial charge in [0.05, 0.1) is 6.10 Å². The second kappa shape index (κ2) is 14.3. The Morgan fingerprint density at radius 1 is 1.16 bits per heavy atom. The molecule has 1 rings (SSSR count). The van der Waals surface area contributed by atoms with Crippen molar-refractivity contribution in [2.45, 2.75) is 75.7 Å². The van der Waals surface area contributed by atoms with Crippen molar-refractivity contribution in [1.29, 1.82) is 0 Å². The molecule has 5 unspecified atom stereocenters. The molecule has 1 aliphatic heterocycles. The average Bonchev–Trinajstić information content (AvgIpc) is 3.24. The Hall–Kier alpha value is -1.89. The first-order valence-corrected chi connectivity index (χ1v) is 12.3. The van der Waals surface area contributed by atoms with E-state index in [1.165, 1.54) is 23.6 Å². The Labute approximate surface area is 193 Å². The Morgan fingerprint density at radius 2 is 1.84 bits per heavy atom. The summed E-state index contributed by atoms with van der Waals surface area (Å²) in [5, 5.41) is 24.2. The van der Waals surface area contributed by atoms with Crippen molar-refractivity contribution < 1.29 is 29.4 Å². The molecule has 11 nitrogen and oxygen atoms in total. The second-order valence-corrected chi connectivity index (χ2v) is 8.97. The molecule has 12 heteroatoms. The average molecular weight is 476 g/mol. The van der Waals surface area contributed by atoms with E-state index < -0.39 is 54.0 Å². The topological polar surface area (TPSA) is 188 Å². The minimum absolute atomic E-state index is 0.240. The van der Waals surface area contributed by atoms with E-state index >= 15 is 0 Å². The quantitative estimate of drug-likeness (QED) is 0.165. The Bertz CT molecular complexity index is 650. The van der Waals surface area contributed by atoms with Crippen LogP contribution in [0, 0.1) is 0 Å². The van der Waals surface area contributed by atoms with E-state index in [9.17, 15) is 29.4 Å². The second-order valence-electron chi connectivity index (χ2n) is 7.98. The fourth-order valence-corrected chi connectivity index (χ4v) is 3.97. The highest BCUT2D eigenvalue weighted by Gasteiger charge is 2.38. The Kier molecular flexibility index (Phi) is 12.6. The van der Waals surface area contributed by atoms with E-state index in [1.807, 2.05) is 6.26 Å². The van der Waals surface area contributed by atoms with Crippen LogP contribution in [-0.4, -0.2) is 94.2 Å². The van der Waals surface area contributed by atoms with Crippen LogP contribution >= 0.6 is 11.8 Å². The third-order valence-corrected chi connectivity index (χ3v) is 6.09. The molecule has 0 aromatic rings. The molecule has 0 aromatic heterocycles. The third-order valence-electron chi connectivity index (χ3n) is 5.45. The number of thioether (sulfide) groups is 1. The first kappa shape index (κ1) is 28.1. The highest BCUT2D eigenvalue weighted by atomic mass is 32.2. The number of carboxylic acids is 1. The first-order valence-electron chi connectivity index (χ1n) is 10.9. The summed E-state index contributed by atoms with van der Waals surface area (Å²) in [4.78, 5) is 51.1. The number of rotatable bonds is 14. The molecule has 184 valence electrons. The number of likely N-dealkylation sites (tertiary alicyclic amines) is 1. The number of nitrogens with zero attached hydrogens (tertiary/aromatic N) is 1. The Balaban J connectivity index is 2.86. The lowest BCUT2D eigenvalue weighted by Crippen LogP contribution is -2.57. The number of carboxylic acid groups (broad SMARTS) is 1. The van der Waals surface area contributed by atoms with Crippen LogP contribution in [0.2, 0.25) is 0 Å². The van der Waals surface area contributed by atoms with E-state index in [2.05, 4.69) is 10.6 Å². The van der Waals surface area contributed by atoms with Crippen LogP contribution in [0.3, 0.4) is 0 Å². The molecule has 3 amide bonds. The summed E-state index contributed by atoms with van der Waals surface area (Å²) in [6, 6.07) is -3.94. The molecule has 0 aliphatic carbocycles. The predicted molar refractivity (Wildman–Crippen MR) is 122 cm³/mol. The smallest absolute Gasteiger partial charge is 0.326 e. The fraction of sp³-hybridized carbons (Fsp3) is 0.800. The molecule has 0 aromatic carbocycles. The van der Waals surface area contributed by atoms with E-state index in [1.54, 1.807) is 0 Å². The lowest BCUT2D eigenvalue weighted by molar-refractivity contribution is -0.143. The molecule has 32 heavy (non-hydrogen) atoms. The highest BCUT2D eigenvalue weighted by Crippen LogP contribution is 2.19. The van der Waals surface area contributed by atoms with Crippen LogP contribution in [0.25, 0.3) is 0 Å². The van der Waals surface area contributed by atoms with Gasteiger partial charge in [-0.25, -0.2) is 4.79 Å². The van der Waals surface area contributed by atoms with Crippen LogP contribution < -0.4 is 22.1 Å². The lowest BCUT2D eigenvalue weighted by atomic mass is 10.1. The molecule has 1 heterocycles. The third kappa shape index (κ3) is 8.57. The maximum atomic E-state index is 12.9. The van der Waals surface area contributed by atoms with Crippen molar-refractivity contribution in [3.63, 3.8) is 0 Å². The molecule has 5 atom stereocenters. The van der Waals surface area contributed by atoms with Gasteiger partial charge in [-0.15, -0.1) is 0 Å². The monoisotopic (exact) mass is 475 g/mol. The normalized spacial score (nSPS) is 19.7. The maximum Gasteiger partial charge on any atom is 0.326 e. The van der Waals surface area contributed by atoms with Crippen molar-refractivity contribution >= 4 is 35.5 Å². The highest BCUT2D eigenvalue weighted by molar-refractivity contribution is 7.98. The standard InChI is InChI=1S/C20H37N5O6S/c1-12(26)16(22)19(29)25-10-5-7-15(25)18(28)23-13(8-11-32-2)17(27)24-14(20(30)31)6-3-4-9-21/h12-16,26H,3-11,21-22H2,1-2H3,(H,23,28)(H,24,27)(H,30,31). The summed E-state index contributed by atoms with van der Waals surface area (Å²) < 4.78 is 0. The summed E-state index contributed by atoms with van der Waals surface area (Å²) in [6.07, 6.45) is 3.56. The van der Waals surface area contributed by atoms with Gasteiger partial charge < -0.3 is 37.2 Å². The predicted octanol–water partition coefficient (Wildman–Crippen LogP) is -1.38. The minimum Gasteiger partial charge on any atom is -0.480 e. The molecular weight excluding hydrogens is 438 g/mol. The number of aliphatic carboxylic acids is 1. The Morgan fingerprint density at radius 3 is 2.41 bits per heavy atom. The van der Waals surface area contributed by atoms with Gasteiger partial charge in [-0.05, 0) is 64.0 Å². The number of nitrogens with one attached hydrogen (secondary N) is 2. The molecule has 1 fully saturated rings. The van der Waals surface area contributed by atoms with Gasteiger partial charge >= 0.3 is 5.97 Å². The number of hydrogen-bond acceptors (Lipinski definition) is 8. The summed E-state index contributed by atoms with van der Waals surface area (Å²) in [5.74, 6) is -2.17. The van der Waals surface area contributed by atoms with Crippen molar-refractivity contribution in [1.82, 2.24) is 15.5 Å². The zero-order chi connectivity index (χ0) is 24.3. The molecule has 0 spiro atoms. The largest absolute Gasteiger partial charge is 0.480 e. The number of nitrogens with two attached hydrogens (primary N) is 2. The first-order chi connectivity index (χ1) is 15.1. The van der Waals surface area contributed by atoms with Gasteiger partial charge in [0.15, 0.2) is 0 Å². The van der Waals surface area contributed by atoms with E-state index in [0.29, 0.717) is 50.9 Å². The lowest BCUT2D eigenvalue weighted by Gasteiger charge is -2.29. The molecule has 0 bridgehead atoms. The summed E-state index contributed by atoms with van der Waals surface area (Å²) >= 11 is 1.49. The van der Waals surface area contributed by atoms with Gasteiger partial charge in [-0.3, -0.25) is 14.4 Å². The van der Waals surface area contributed by atoms with E-state index in [0.717, 1.165) is 0 Å². The van der Waals surface area contributed by atoms with Crippen molar-refractivity contribution in [2.75, 3.05) is 25.1 Å². The van der Waals surface area contributed by atoms with Gasteiger partial charge in [0, 0.05) is 6.54 Å². The zero-order valence-corrected chi connectivity index (χ0v) is 19.6. The van der Waals surface area contributed by atoms with Gasteiger partial charge in [0.1, 0.15) is 24.2 Å². The number of unbranched alkanes of at least 4 members (excludes halogenated alkanes) is 1. The van der Waals surface area contributed by atoms with Gasteiger partial charge in [0.2, 0.25) is 17.7 Å². The maximum absolute atomic E-state index is 12.9. The number of carbonyl (C=O) groups excluding carboxylic acids is 3. The number of aliphatic hydroxyl groups excluding tert-OH is 1. The molecule has 1 saturated heterocycles. The molecular formula is C20H37N5O6S. The van der Waals surface area contributed by atoms with Crippen LogP contribution in [0.5, 0.6) is 0 Å². The summed E-state index contributed by atoms with van der Waals surface area (Å²) in [5.41, 5.74) is 11.2. The van der Waals surface area contributed by atoms with Crippen LogP contribution in [0.1, 0.15) is 45.4 Å². The summed E-state index contributed by atoms with van der Waals surface area (Å²) in [7, 11) is 0. The van der Waals surface area contributed by atoms with E-state index in [4.69, 9.17) is 11.5 Å². The SMILES string of the molecule is CSCCC(NC(=O)C1CCCN1C(=O)C(N)C(C)O)C(=O)NC(CCCCN)C(=O)O. The van der Waals surface area contributed by atoms with Crippen molar-refractivity contribution in [3.8, 4) is 0 Å². The zero-order valence-electron chi connectivity index (χ0n) is 18.8. The molecule has 0 saturated carbocycles. The van der Waals surface area contributed by atoms with Gasteiger partial charge in [-0.1, -0.05) is 0 Å². The number of carbonyl (C=O) groups is 4. The van der Waals surface area contributed by atoms with Crippen LogP contribution in [0.4, 0.5) is 0 Å². The van der Waals surface area contributed by atoms with Crippen LogP contribution in [-0.2, 0) is 19.2 Å². The fourth-order valence-electron chi connectivity index (χ4n) is 3.50. The summed E-state index contributed by atoms with van der Waals surface area (Å²) in [6.45, 7) is 2.17. The van der Waals surface area contributed by atoms with Gasteiger partial charge in [0.25, 0.3) is 0 Å². The van der Waals surface area contributed by atoms with Crippen molar-refractivity contribution in [2.24, 2.45) is 11.5 Å². The molecule has 0 radical (unpaired) electrons. The van der Waals surface area contributed by atoms with Gasteiger partial charge in [-0.2, -0.15) is 11.8 Å². The minimum atomic E-state index is -1.15. The van der Waals surface area contributed by atoms with Crippen LogP contribution in [0.15, 0.2) is 0 Å².